The first-order valence-electron chi connectivity index (χ1n) is 6.28. The Morgan fingerprint density at radius 3 is 2.89 bits per heavy atom. The molecule has 3 N–H and O–H groups in total. The zero-order valence-corrected chi connectivity index (χ0v) is 11.2. The maximum absolute atomic E-state index is 12.0. The molecule has 0 aliphatic carbocycles. The van der Waals surface area contributed by atoms with Gasteiger partial charge in [0.05, 0.1) is 29.6 Å². The fourth-order valence-electron chi connectivity index (χ4n) is 2.03. The van der Waals surface area contributed by atoms with Crippen LogP contribution in [0.25, 0.3) is 0 Å². The number of rotatable bonds is 3. The second kappa shape index (κ2) is 4.90. The molecule has 5 nitrogen and oxygen atoms in total. The van der Waals surface area contributed by atoms with Crippen molar-refractivity contribution in [1.82, 2.24) is 0 Å². The number of hydrogen-bond donors (Lipinski definition) is 2. The molecular weight excluding hydrogens is 240 g/mol. The minimum Gasteiger partial charge on any atom is -0.374 e. The van der Waals surface area contributed by atoms with E-state index in [-0.39, 0.29) is 18.0 Å². The summed E-state index contributed by atoms with van der Waals surface area (Å²) in [5.41, 5.74) is 7.89. The fraction of sp³-hybridized carbons (Fsp3) is 0.429. The highest BCUT2D eigenvalue weighted by molar-refractivity contribution is 6.02. The van der Waals surface area contributed by atoms with Gasteiger partial charge < -0.3 is 16.0 Å². The average Bonchev–Trinajstić information content (AvgIpc) is 2.36. The number of anilines is 2. The van der Waals surface area contributed by atoms with Gasteiger partial charge in [-0.2, -0.15) is 5.26 Å². The normalized spacial score (nSPS) is 14.6. The zero-order chi connectivity index (χ0) is 14.0. The number of nitrogens with two attached hydrogens (primary N) is 1. The van der Waals surface area contributed by atoms with Crippen molar-refractivity contribution in [3.05, 3.63) is 23.8 Å². The molecule has 0 aromatic heterocycles. The summed E-state index contributed by atoms with van der Waals surface area (Å²) in [5.74, 6) is 0.0291. The minimum atomic E-state index is -0.308. The van der Waals surface area contributed by atoms with Crippen molar-refractivity contribution >= 4 is 17.3 Å². The van der Waals surface area contributed by atoms with Crippen LogP contribution in [0.15, 0.2) is 18.2 Å². The van der Waals surface area contributed by atoms with Gasteiger partial charge in [0.2, 0.25) is 5.91 Å². The van der Waals surface area contributed by atoms with Crippen LogP contribution in [-0.2, 0) is 4.79 Å². The molecule has 0 atom stereocenters. The molecule has 5 heteroatoms. The van der Waals surface area contributed by atoms with Crippen LogP contribution in [0.4, 0.5) is 11.4 Å². The summed E-state index contributed by atoms with van der Waals surface area (Å²) in [5, 5.41) is 11.9. The summed E-state index contributed by atoms with van der Waals surface area (Å²) in [4.78, 5) is 13.7. The van der Waals surface area contributed by atoms with E-state index < -0.39 is 0 Å². The third-order valence-electron chi connectivity index (χ3n) is 3.13. The Kier molecular flexibility index (Phi) is 3.45. The molecule has 0 saturated heterocycles. The predicted octanol–water partition coefficient (Wildman–Crippen LogP) is 1.44. The molecule has 1 heterocycles. The molecule has 0 spiro atoms. The highest BCUT2D eigenvalue weighted by Crippen LogP contribution is 2.30. The monoisotopic (exact) mass is 258 g/mol. The van der Waals surface area contributed by atoms with Gasteiger partial charge in [-0.15, -0.1) is 0 Å². The molecule has 1 amide bonds. The summed E-state index contributed by atoms with van der Waals surface area (Å²) in [6.45, 7) is 4.73. The highest BCUT2D eigenvalue weighted by Gasteiger charge is 2.25. The van der Waals surface area contributed by atoms with Gasteiger partial charge >= 0.3 is 0 Å². The number of nitrogens with zero attached hydrogens (tertiary/aromatic N) is 2. The van der Waals surface area contributed by atoms with E-state index in [1.165, 1.54) is 0 Å². The molecule has 0 bridgehead atoms. The molecule has 0 unspecified atom stereocenters. The molecule has 1 aromatic carbocycles. The molecule has 2 rings (SSSR count). The van der Waals surface area contributed by atoms with E-state index in [0.29, 0.717) is 12.1 Å². The number of nitrogens with one attached hydrogen (secondary N) is 1. The van der Waals surface area contributed by atoms with E-state index in [0.717, 1.165) is 17.8 Å². The Hall–Kier alpha value is -2.06. The third kappa shape index (κ3) is 3.04. The van der Waals surface area contributed by atoms with Crippen molar-refractivity contribution in [3.8, 4) is 6.07 Å². The minimum absolute atomic E-state index is 0.0291. The molecule has 1 aromatic rings. The Morgan fingerprint density at radius 2 is 2.26 bits per heavy atom. The van der Waals surface area contributed by atoms with Gasteiger partial charge in [-0.3, -0.25) is 4.79 Å². The number of carbonyl (C=O) groups is 1. The topological polar surface area (TPSA) is 82.2 Å². The van der Waals surface area contributed by atoms with Crippen LogP contribution in [0.3, 0.4) is 0 Å². The van der Waals surface area contributed by atoms with Crippen LogP contribution < -0.4 is 16.0 Å². The molecule has 0 fully saturated rings. The Morgan fingerprint density at radius 1 is 1.53 bits per heavy atom. The number of amides is 1. The van der Waals surface area contributed by atoms with Gasteiger partial charge in [-0.05, 0) is 38.5 Å². The van der Waals surface area contributed by atoms with Gasteiger partial charge in [0.15, 0.2) is 0 Å². The number of fused-ring (bicyclic) bond motifs is 1. The van der Waals surface area contributed by atoms with Gasteiger partial charge in [-0.25, -0.2) is 0 Å². The van der Waals surface area contributed by atoms with Crippen LogP contribution in [0.5, 0.6) is 0 Å². The van der Waals surface area contributed by atoms with Crippen LogP contribution in [0.1, 0.15) is 25.8 Å². The molecule has 0 radical (unpaired) electrons. The summed E-state index contributed by atoms with van der Waals surface area (Å²) in [6.07, 6.45) is 0.720. The van der Waals surface area contributed by atoms with Crippen LogP contribution >= 0.6 is 0 Å². The number of nitriles is 1. The predicted molar refractivity (Wildman–Crippen MR) is 74.9 cm³/mol. The number of benzene rings is 1. The van der Waals surface area contributed by atoms with Gasteiger partial charge in [-0.1, -0.05) is 0 Å². The maximum Gasteiger partial charge on any atom is 0.246 e. The summed E-state index contributed by atoms with van der Waals surface area (Å²) in [6, 6.07) is 7.39. The van der Waals surface area contributed by atoms with Crippen molar-refractivity contribution < 1.29 is 4.79 Å². The van der Waals surface area contributed by atoms with Gasteiger partial charge in [0, 0.05) is 12.1 Å². The third-order valence-corrected chi connectivity index (χ3v) is 3.13. The molecular formula is C14H18N4O. The summed E-state index contributed by atoms with van der Waals surface area (Å²) >= 11 is 0. The average molecular weight is 258 g/mol. The smallest absolute Gasteiger partial charge is 0.246 e. The van der Waals surface area contributed by atoms with Gasteiger partial charge in [0.1, 0.15) is 0 Å². The van der Waals surface area contributed by atoms with E-state index in [4.69, 9.17) is 11.0 Å². The lowest BCUT2D eigenvalue weighted by atomic mass is 10.0. The maximum atomic E-state index is 12.0. The van der Waals surface area contributed by atoms with Crippen molar-refractivity contribution in [1.29, 1.82) is 5.26 Å². The van der Waals surface area contributed by atoms with Gasteiger partial charge in [0.25, 0.3) is 0 Å². The molecule has 1 aliphatic rings. The second-order valence-electron chi connectivity index (χ2n) is 5.48. The van der Waals surface area contributed by atoms with Crippen LogP contribution in [-0.4, -0.2) is 24.5 Å². The van der Waals surface area contributed by atoms with Crippen molar-refractivity contribution in [2.24, 2.45) is 5.73 Å². The van der Waals surface area contributed by atoms with Crippen molar-refractivity contribution in [2.75, 3.05) is 23.3 Å². The van der Waals surface area contributed by atoms with Crippen LogP contribution in [0.2, 0.25) is 0 Å². The Balaban J connectivity index is 2.26. The molecule has 0 saturated carbocycles. The fourth-order valence-corrected chi connectivity index (χ4v) is 2.03. The molecule has 100 valence electrons. The zero-order valence-electron chi connectivity index (χ0n) is 11.2. The largest absolute Gasteiger partial charge is 0.374 e. The van der Waals surface area contributed by atoms with Crippen molar-refractivity contribution in [3.63, 3.8) is 0 Å². The number of hydrogen-bond acceptors (Lipinski definition) is 4. The molecule has 19 heavy (non-hydrogen) atoms. The standard InChI is InChI=1S/C14H18N4O/c1-14(2,16)5-6-18-12-4-3-10(8-15)7-11(12)17-9-13(18)19/h3-4,7,17H,5-6,9,16H2,1-2H3. The van der Waals surface area contributed by atoms with E-state index >= 15 is 0 Å². The SMILES string of the molecule is CC(C)(N)CCN1C(=O)CNc2cc(C#N)ccc21. The van der Waals surface area contributed by atoms with E-state index in [1.54, 1.807) is 17.0 Å². The Bertz CT molecular complexity index is 539. The lowest BCUT2D eigenvalue weighted by Crippen LogP contribution is -2.44. The first-order valence-corrected chi connectivity index (χ1v) is 6.28. The lowest BCUT2D eigenvalue weighted by Gasteiger charge is -2.32. The van der Waals surface area contributed by atoms with E-state index in [9.17, 15) is 4.79 Å². The summed E-state index contributed by atoms with van der Waals surface area (Å²) < 4.78 is 0. The quantitative estimate of drug-likeness (QED) is 0.859. The van der Waals surface area contributed by atoms with Crippen molar-refractivity contribution in [2.45, 2.75) is 25.8 Å². The first kappa shape index (κ1) is 13.4. The first-order chi connectivity index (χ1) is 8.90. The van der Waals surface area contributed by atoms with Crippen LogP contribution in [0, 0.1) is 11.3 Å². The summed E-state index contributed by atoms with van der Waals surface area (Å²) in [7, 11) is 0. The second-order valence-corrected chi connectivity index (χ2v) is 5.48. The van der Waals surface area contributed by atoms with E-state index in [1.807, 2.05) is 19.9 Å². The highest BCUT2D eigenvalue weighted by atomic mass is 16.2. The Labute approximate surface area is 113 Å². The lowest BCUT2D eigenvalue weighted by molar-refractivity contribution is -0.117. The molecule has 1 aliphatic heterocycles. The number of carbonyl (C=O) groups excluding carboxylic acids is 1. The van der Waals surface area contributed by atoms with E-state index in [2.05, 4.69) is 11.4 Å².